The van der Waals surface area contributed by atoms with E-state index in [4.69, 9.17) is 0 Å². The number of rotatable bonds is 6. The third-order valence-electron chi connectivity index (χ3n) is 5.34. The van der Waals surface area contributed by atoms with Crippen molar-refractivity contribution in [2.75, 3.05) is 19.6 Å². The van der Waals surface area contributed by atoms with Gasteiger partial charge in [-0.05, 0) is 51.3 Å². The van der Waals surface area contributed by atoms with E-state index in [2.05, 4.69) is 43.5 Å². The number of hydrogen-bond acceptors (Lipinski definition) is 2. The number of aliphatic hydroxyl groups excluding tert-OH is 1. The van der Waals surface area contributed by atoms with Gasteiger partial charge in [-0.3, -0.25) is 4.79 Å². The average Bonchev–Trinajstić information content (AvgIpc) is 2.87. The molecule has 1 aliphatic carbocycles. The van der Waals surface area contributed by atoms with Gasteiger partial charge in [0.1, 0.15) is 12.6 Å². The van der Waals surface area contributed by atoms with Crippen LogP contribution >= 0.6 is 0 Å². The summed E-state index contributed by atoms with van der Waals surface area (Å²) in [7, 11) is 0. The number of carbonyl (C=O) groups excluding carboxylic acids is 1. The molecule has 0 fully saturated rings. The highest BCUT2D eigenvalue weighted by Crippen LogP contribution is 2.33. The first-order valence-electron chi connectivity index (χ1n) is 9.21. The number of aliphatic hydroxyl groups is 1. The van der Waals surface area contributed by atoms with Gasteiger partial charge in [-0.1, -0.05) is 11.6 Å². The molecule has 0 amide bonds. The number of fused-ring (bicyclic) bond motifs is 3. The number of Topliss-reactive ketones (excluding diaryl/α,β-unsaturated/α-hetero) is 1. The van der Waals surface area contributed by atoms with Crippen LogP contribution in [0.4, 0.5) is 0 Å². The largest absolute Gasteiger partial charge is 0.385 e. The lowest BCUT2D eigenvalue weighted by Gasteiger charge is -2.21. The summed E-state index contributed by atoms with van der Waals surface area (Å²) in [5.41, 5.74) is 4.34. The van der Waals surface area contributed by atoms with Crippen LogP contribution < -0.4 is 4.90 Å². The molecule has 4 nitrogen and oxygen atoms in total. The van der Waals surface area contributed by atoms with Gasteiger partial charge < -0.3 is 14.6 Å². The van der Waals surface area contributed by atoms with Gasteiger partial charge in [0.2, 0.25) is 0 Å². The van der Waals surface area contributed by atoms with Gasteiger partial charge in [-0.15, -0.1) is 0 Å². The number of nitrogens with one attached hydrogen (secondary N) is 1. The molecule has 0 unspecified atom stereocenters. The Bertz CT molecular complexity index is 744. The third-order valence-corrected chi connectivity index (χ3v) is 5.34. The maximum atomic E-state index is 12.6. The zero-order valence-corrected chi connectivity index (χ0v) is 15.1. The van der Waals surface area contributed by atoms with Gasteiger partial charge >= 0.3 is 0 Å². The Morgan fingerprint density at radius 1 is 1.25 bits per heavy atom. The number of carbonyl (C=O) groups is 1. The second-order valence-corrected chi connectivity index (χ2v) is 7.05. The summed E-state index contributed by atoms with van der Waals surface area (Å²) in [5, 5.41) is 11.8. The van der Waals surface area contributed by atoms with E-state index in [-0.39, 0.29) is 5.78 Å². The molecule has 1 aromatic carbocycles. The number of aromatic nitrogens is 1. The first-order chi connectivity index (χ1) is 11.5. The molecule has 0 spiro atoms. The third kappa shape index (κ3) is 3.13. The molecule has 0 radical (unpaired) electrons. The van der Waals surface area contributed by atoms with Crippen molar-refractivity contribution in [1.82, 2.24) is 4.57 Å². The summed E-state index contributed by atoms with van der Waals surface area (Å²) < 4.78 is 2.08. The van der Waals surface area contributed by atoms with Gasteiger partial charge in [0.25, 0.3) is 0 Å². The molecule has 4 heteroatoms. The van der Waals surface area contributed by atoms with E-state index in [9.17, 15) is 9.90 Å². The molecule has 1 atom stereocenters. The fourth-order valence-corrected chi connectivity index (χ4v) is 3.99. The Balaban J connectivity index is 2.00. The van der Waals surface area contributed by atoms with Crippen LogP contribution in [0.25, 0.3) is 10.9 Å². The van der Waals surface area contributed by atoms with Crippen molar-refractivity contribution < 1.29 is 14.8 Å². The molecule has 2 N–H and O–H groups in total. The minimum atomic E-state index is -0.435. The molecule has 0 saturated carbocycles. The number of likely N-dealkylation sites (N-methyl/N-ethyl adjacent to an activating group) is 1. The van der Waals surface area contributed by atoms with Crippen molar-refractivity contribution >= 4 is 16.7 Å². The zero-order valence-electron chi connectivity index (χ0n) is 15.1. The molecule has 0 saturated heterocycles. The number of nitrogens with zero attached hydrogens (tertiary/aromatic N) is 1. The minimum Gasteiger partial charge on any atom is -0.385 e. The van der Waals surface area contributed by atoms with Crippen molar-refractivity contribution in [3.05, 3.63) is 35.0 Å². The predicted molar refractivity (Wildman–Crippen MR) is 96.9 cm³/mol. The van der Waals surface area contributed by atoms with Crippen LogP contribution in [-0.2, 0) is 13.0 Å². The summed E-state index contributed by atoms with van der Waals surface area (Å²) >= 11 is 0. The number of aryl methyl sites for hydroxylation is 2. The van der Waals surface area contributed by atoms with Crippen LogP contribution in [0.5, 0.6) is 0 Å². The molecule has 0 bridgehead atoms. The number of hydrogen-bond donors (Lipinski definition) is 2. The van der Waals surface area contributed by atoms with Crippen molar-refractivity contribution in [3.8, 4) is 0 Å². The highest BCUT2D eigenvalue weighted by molar-refractivity contribution is 6.04. The van der Waals surface area contributed by atoms with Crippen LogP contribution in [0.2, 0.25) is 0 Å². The molecule has 130 valence electrons. The molecule has 3 rings (SSSR count). The quantitative estimate of drug-likeness (QED) is 0.848. The Morgan fingerprint density at radius 3 is 2.71 bits per heavy atom. The number of benzene rings is 1. The first kappa shape index (κ1) is 17.2. The van der Waals surface area contributed by atoms with Crippen molar-refractivity contribution in [1.29, 1.82) is 0 Å². The zero-order chi connectivity index (χ0) is 17.3. The minimum absolute atomic E-state index is 0.229. The lowest BCUT2D eigenvalue weighted by molar-refractivity contribution is -0.899. The van der Waals surface area contributed by atoms with Crippen molar-refractivity contribution in [2.45, 2.75) is 52.7 Å². The Hall–Kier alpha value is -1.65. The first-order valence-corrected chi connectivity index (χ1v) is 9.21. The molecule has 1 aromatic heterocycles. The molecule has 1 aliphatic rings. The summed E-state index contributed by atoms with van der Waals surface area (Å²) in [6.45, 7) is 9.63. The van der Waals surface area contributed by atoms with E-state index in [0.717, 1.165) is 43.7 Å². The molecule has 1 heterocycles. The highest BCUT2D eigenvalue weighted by atomic mass is 16.3. The van der Waals surface area contributed by atoms with Gasteiger partial charge in [-0.25, -0.2) is 0 Å². The van der Waals surface area contributed by atoms with Gasteiger partial charge in [0.05, 0.1) is 25.3 Å². The molecular weight excluding hydrogens is 300 g/mol. The smallest absolute Gasteiger partial charge is 0.179 e. The molecule has 2 aromatic rings. The Kier molecular flexibility index (Phi) is 5.07. The van der Waals surface area contributed by atoms with E-state index < -0.39 is 6.10 Å². The predicted octanol–water partition coefficient (Wildman–Crippen LogP) is 1.75. The van der Waals surface area contributed by atoms with Crippen LogP contribution in [0.1, 0.15) is 48.3 Å². The van der Waals surface area contributed by atoms with E-state index in [0.29, 0.717) is 13.0 Å². The fraction of sp³-hybridized carbons (Fsp3) is 0.550. The van der Waals surface area contributed by atoms with Gasteiger partial charge in [0.15, 0.2) is 5.78 Å². The van der Waals surface area contributed by atoms with E-state index in [1.54, 1.807) is 0 Å². The van der Waals surface area contributed by atoms with Crippen LogP contribution in [0.15, 0.2) is 18.2 Å². The standard InChI is InChI=1S/C20H28N2O2/c1-4-21(5-2)12-15(23)13-22-18-10-9-14(3)11-17(18)16-7-6-8-19(24)20(16)22/h9-11,15,23H,4-8,12-13H2,1-3H3/p+1/t15-/m0/s1. The number of quaternary nitrogens is 1. The molecule has 0 aliphatic heterocycles. The van der Waals surface area contributed by atoms with E-state index >= 15 is 0 Å². The van der Waals surface area contributed by atoms with Crippen LogP contribution in [0.3, 0.4) is 0 Å². The summed E-state index contributed by atoms with van der Waals surface area (Å²) in [6.07, 6.45) is 2.09. The molecule has 24 heavy (non-hydrogen) atoms. The van der Waals surface area contributed by atoms with Crippen LogP contribution in [-0.4, -0.2) is 41.2 Å². The summed E-state index contributed by atoms with van der Waals surface area (Å²) in [5.74, 6) is 0.229. The Labute approximate surface area is 144 Å². The monoisotopic (exact) mass is 329 g/mol. The number of ketones is 1. The fourth-order valence-electron chi connectivity index (χ4n) is 3.99. The highest BCUT2D eigenvalue weighted by Gasteiger charge is 2.27. The second-order valence-electron chi connectivity index (χ2n) is 7.05. The van der Waals surface area contributed by atoms with E-state index in [1.165, 1.54) is 21.4 Å². The van der Waals surface area contributed by atoms with Gasteiger partial charge in [-0.2, -0.15) is 0 Å². The lowest BCUT2D eigenvalue weighted by Crippen LogP contribution is -3.12. The lowest BCUT2D eigenvalue weighted by atomic mass is 9.94. The SMILES string of the molecule is CC[NH+](CC)C[C@H](O)Cn1c2c(c3cc(C)ccc31)CCCC2=O. The van der Waals surface area contributed by atoms with Crippen molar-refractivity contribution in [3.63, 3.8) is 0 Å². The maximum absolute atomic E-state index is 12.6. The second kappa shape index (κ2) is 7.08. The molecular formula is C20H29N2O2+. The topological polar surface area (TPSA) is 46.7 Å². The summed E-state index contributed by atoms with van der Waals surface area (Å²) in [6, 6.07) is 6.38. The normalized spacial score (nSPS) is 16.0. The summed E-state index contributed by atoms with van der Waals surface area (Å²) in [4.78, 5) is 14.0. The van der Waals surface area contributed by atoms with E-state index in [1.807, 2.05) is 0 Å². The maximum Gasteiger partial charge on any atom is 0.179 e. The van der Waals surface area contributed by atoms with Crippen LogP contribution in [0, 0.1) is 6.92 Å². The Morgan fingerprint density at radius 2 is 2.00 bits per heavy atom. The van der Waals surface area contributed by atoms with Gasteiger partial charge in [0, 0.05) is 17.3 Å². The average molecular weight is 329 g/mol. The van der Waals surface area contributed by atoms with Crippen molar-refractivity contribution in [2.24, 2.45) is 0 Å².